The molecule has 0 aliphatic carbocycles. The molecule has 0 radical (unpaired) electrons. The van der Waals surface area contributed by atoms with Gasteiger partial charge in [0, 0.05) is 37.4 Å². The van der Waals surface area contributed by atoms with Gasteiger partial charge in [-0.1, -0.05) is 0 Å². The number of ether oxygens (including phenoxy) is 1. The molecule has 17 heavy (non-hydrogen) atoms. The Kier molecular flexibility index (Phi) is 3.84. The smallest absolute Gasteiger partial charge is 0.224 e. The van der Waals surface area contributed by atoms with Gasteiger partial charge in [-0.05, 0) is 26.0 Å². The minimum Gasteiger partial charge on any atom is -0.378 e. The Morgan fingerprint density at radius 3 is 2.41 bits per heavy atom. The summed E-state index contributed by atoms with van der Waals surface area (Å²) in [5, 5.41) is 0. The van der Waals surface area contributed by atoms with Gasteiger partial charge in [0.15, 0.2) is 0 Å². The molecule has 0 saturated carbocycles. The summed E-state index contributed by atoms with van der Waals surface area (Å²) in [4.78, 5) is 13.9. The third kappa shape index (κ3) is 2.88. The Bertz CT molecular complexity index is 373. The maximum Gasteiger partial charge on any atom is 0.224 e. The average Bonchev–Trinajstić information content (AvgIpc) is 2.67. The molecule has 0 unspecified atom stereocenters. The van der Waals surface area contributed by atoms with Crippen LogP contribution in [-0.2, 0) is 16.1 Å². The fourth-order valence-corrected chi connectivity index (χ4v) is 2.23. The lowest BCUT2D eigenvalue weighted by molar-refractivity contribution is -0.135. The van der Waals surface area contributed by atoms with Gasteiger partial charge in [-0.15, -0.1) is 0 Å². The van der Waals surface area contributed by atoms with E-state index in [1.807, 2.05) is 4.90 Å². The van der Waals surface area contributed by atoms with Crippen LogP contribution in [0.15, 0.2) is 12.1 Å². The summed E-state index contributed by atoms with van der Waals surface area (Å²) in [7, 11) is 0. The molecule has 1 aromatic rings. The molecule has 0 atom stereocenters. The molecule has 4 heteroatoms. The zero-order valence-electron chi connectivity index (χ0n) is 10.6. The SMILES string of the molecule is Cc1ccc(C)n1CCC(=O)N1CCOCC1. The standard InChI is InChI=1S/C13H20N2O2/c1-11-3-4-12(2)15(11)6-5-13(16)14-7-9-17-10-8-14/h3-4H,5-10H2,1-2H3. The van der Waals surface area contributed by atoms with Crippen molar-refractivity contribution in [3.05, 3.63) is 23.5 Å². The van der Waals surface area contributed by atoms with Crippen LogP contribution in [0.1, 0.15) is 17.8 Å². The molecule has 1 aliphatic heterocycles. The molecule has 94 valence electrons. The van der Waals surface area contributed by atoms with Crippen LogP contribution in [0.5, 0.6) is 0 Å². The molecule has 0 bridgehead atoms. The van der Waals surface area contributed by atoms with Gasteiger partial charge in [0.1, 0.15) is 0 Å². The van der Waals surface area contributed by atoms with Crippen molar-refractivity contribution in [2.24, 2.45) is 0 Å². The van der Waals surface area contributed by atoms with Crippen molar-refractivity contribution in [3.8, 4) is 0 Å². The first kappa shape index (κ1) is 12.2. The Morgan fingerprint density at radius 2 is 1.82 bits per heavy atom. The molecule has 2 rings (SSSR count). The minimum atomic E-state index is 0.237. The number of carbonyl (C=O) groups excluding carboxylic acids is 1. The van der Waals surface area contributed by atoms with Gasteiger partial charge in [-0.2, -0.15) is 0 Å². The van der Waals surface area contributed by atoms with Crippen molar-refractivity contribution in [3.63, 3.8) is 0 Å². The zero-order valence-corrected chi connectivity index (χ0v) is 10.6. The highest BCUT2D eigenvalue weighted by Crippen LogP contribution is 2.09. The number of rotatable bonds is 3. The van der Waals surface area contributed by atoms with Gasteiger partial charge in [0.2, 0.25) is 5.91 Å². The summed E-state index contributed by atoms with van der Waals surface area (Å²) in [6, 6.07) is 4.18. The van der Waals surface area contributed by atoms with Crippen LogP contribution in [0, 0.1) is 13.8 Å². The average molecular weight is 236 g/mol. The minimum absolute atomic E-state index is 0.237. The second-order valence-electron chi connectivity index (χ2n) is 4.51. The Morgan fingerprint density at radius 1 is 1.24 bits per heavy atom. The van der Waals surface area contributed by atoms with E-state index in [1.54, 1.807) is 0 Å². The summed E-state index contributed by atoms with van der Waals surface area (Å²) in [5.74, 6) is 0.237. The molecule has 0 aromatic carbocycles. The zero-order chi connectivity index (χ0) is 12.3. The maximum absolute atomic E-state index is 12.0. The number of hydrogen-bond donors (Lipinski definition) is 0. The molecule has 4 nitrogen and oxygen atoms in total. The van der Waals surface area contributed by atoms with Crippen molar-refractivity contribution in [1.29, 1.82) is 0 Å². The third-order valence-corrected chi connectivity index (χ3v) is 3.33. The van der Waals surface area contributed by atoms with Crippen LogP contribution in [0.2, 0.25) is 0 Å². The molecular formula is C13H20N2O2. The number of aromatic nitrogens is 1. The van der Waals surface area contributed by atoms with E-state index in [-0.39, 0.29) is 5.91 Å². The highest BCUT2D eigenvalue weighted by Gasteiger charge is 2.16. The van der Waals surface area contributed by atoms with Crippen molar-refractivity contribution in [1.82, 2.24) is 9.47 Å². The van der Waals surface area contributed by atoms with Crippen LogP contribution in [0.4, 0.5) is 0 Å². The molecule has 1 amide bonds. The lowest BCUT2D eigenvalue weighted by Crippen LogP contribution is -2.41. The van der Waals surface area contributed by atoms with Crippen LogP contribution in [0.3, 0.4) is 0 Å². The Balaban J connectivity index is 1.87. The van der Waals surface area contributed by atoms with Crippen molar-refractivity contribution in [2.45, 2.75) is 26.8 Å². The largest absolute Gasteiger partial charge is 0.378 e. The molecule has 1 fully saturated rings. The maximum atomic E-state index is 12.0. The molecule has 0 spiro atoms. The first-order valence-electron chi connectivity index (χ1n) is 6.17. The molecule has 1 aliphatic rings. The van der Waals surface area contributed by atoms with E-state index in [9.17, 15) is 4.79 Å². The first-order chi connectivity index (χ1) is 8.18. The topological polar surface area (TPSA) is 34.5 Å². The number of aryl methyl sites for hydroxylation is 2. The lowest BCUT2D eigenvalue weighted by Gasteiger charge is -2.27. The molecule has 1 aromatic heterocycles. The molecule has 2 heterocycles. The first-order valence-corrected chi connectivity index (χ1v) is 6.17. The second kappa shape index (κ2) is 5.36. The van der Waals surface area contributed by atoms with E-state index in [0.29, 0.717) is 19.6 Å². The van der Waals surface area contributed by atoms with Gasteiger partial charge >= 0.3 is 0 Å². The van der Waals surface area contributed by atoms with Crippen molar-refractivity contribution >= 4 is 5.91 Å². The van der Waals surface area contributed by atoms with Crippen LogP contribution < -0.4 is 0 Å². The van der Waals surface area contributed by atoms with E-state index in [1.165, 1.54) is 11.4 Å². The van der Waals surface area contributed by atoms with Gasteiger partial charge in [0.25, 0.3) is 0 Å². The monoisotopic (exact) mass is 236 g/mol. The number of hydrogen-bond acceptors (Lipinski definition) is 2. The number of morpholine rings is 1. The van der Waals surface area contributed by atoms with Crippen molar-refractivity contribution < 1.29 is 9.53 Å². The van der Waals surface area contributed by atoms with Gasteiger partial charge in [0.05, 0.1) is 13.2 Å². The van der Waals surface area contributed by atoms with Crippen molar-refractivity contribution in [2.75, 3.05) is 26.3 Å². The lowest BCUT2D eigenvalue weighted by atomic mass is 10.3. The quantitative estimate of drug-likeness (QED) is 0.794. The Hall–Kier alpha value is -1.29. The summed E-state index contributed by atoms with van der Waals surface area (Å²) < 4.78 is 7.43. The van der Waals surface area contributed by atoms with E-state index >= 15 is 0 Å². The third-order valence-electron chi connectivity index (χ3n) is 3.33. The van der Waals surface area contributed by atoms with E-state index in [0.717, 1.165) is 19.6 Å². The molecular weight excluding hydrogens is 216 g/mol. The highest BCUT2D eigenvalue weighted by molar-refractivity contribution is 5.76. The van der Waals surface area contributed by atoms with Crippen LogP contribution in [0.25, 0.3) is 0 Å². The van der Waals surface area contributed by atoms with Gasteiger partial charge in [-0.3, -0.25) is 4.79 Å². The summed E-state index contributed by atoms with van der Waals surface area (Å²) in [6.45, 7) is 7.75. The van der Waals surface area contributed by atoms with Crippen LogP contribution in [-0.4, -0.2) is 41.7 Å². The number of nitrogens with zero attached hydrogens (tertiary/aromatic N) is 2. The second-order valence-corrected chi connectivity index (χ2v) is 4.51. The number of carbonyl (C=O) groups is 1. The van der Waals surface area contributed by atoms with E-state index < -0.39 is 0 Å². The van der Waals surface area contributed by atoms with Gasteiger partial charge < -0.3 is 14.2 Å². The van der Waals surface area contributed by atoms with E-state index in [2.05, 4.69) is 30.5 Å². The summed E-state index contributed by atoms with van der Waals surface area (Å²) in [5.41, 5.74) is 2.44. The summed E-state index contributed by atoms with van der Waals surface area (Å²) in [6.07, 6.45) is 0.580. The summed E-state index contributed by atoms with van der Waals surface area (Å²) >= 11 is 0. The normalized spacial score (nSPS) is 16.2. The highest BCUT2D eigenvalue weighted by atomic mass is 16.5. The predicted octanol–water partition coefficient (Wildman–Crippen LogP) is 1.35. The predicted molar refractivity (Wildman–Crippen MR) is 65.9 cm³/mol. The number of amides is 1. The fourth-order valence-electron chi connectivity index (χ4n) is 2.23. The molecule has 1 saturated heterocycles. The van der Waals surface area contributed by atoms with Crippen LogP contribution >= 0.6 is 0 Å². The fraction of sp³-hybridized carbons (Fsp3) is 0.615. The van der Waals surface area contributed by atoms with E-state index in [4.69, 9.17) is 4.74 Å². The molecule has 0 N–H and O–H groups in total. The Labute approximate surface area is 102 Å². The van der Waals surface area contributed by atoms with Gasteiger partial charge in [-0.25, -0.2) is 0 Å².